The molecular formula is C8H8N2OS. The van der Waals surface area contributed by atoms with Gasteiger partial charge in [0.05, 0.1) is 5.75 Å². The zero-order valence-electron chi connectivity index (χ0n) is 6.65. The third-order valence-electron chi connectivity index (χ3n) is 1.67. The predicted octanol–water partition coefficient (Wildman–Crippen LogP) is 1.23. The van der Waals surface area contributed by atoms with Gasteiger partial charge in [-0.2, -0.15) is 0 Å². The third kappa shape index (κ3) is 1.18. The first-order valence-corrected chi connectivity index (χ1v) is 4.69. The van der Waals surface area contributed by atoms with Crippen molar-refractivity contribution in [1.82, 2.24) is 9.55 Å². The first-order chi connectivity index (χ1) is 5.77. The fourth-order valence-corrected chi connectivity index (χ4v) is 1.81. The minimum atomic E-state index is 0.00838. The zero-order chi connectivity index (χ0) is 8.55. The van der Waals surface area contributed by atoms with Gasteiger partial charge in [0.25, 0.3) is 5.56 Å². The number of hydrogen-bond acceptors (Lipinski definition) is 3. The van der Waals surface area contributed by atoms with Crippen LogP contribution in [-0.2, 0) is 5.75 Å². The van der Waals surface area contributed by atoms with Gasteiger partial charge < -0.3 is 0 Å². The third-order valence-corrected chi connectivity index (χ3v) is 2.41. The van der Waals surface area contributed by atoms with Gasteiger partial charge in [-0.1, -0.05) is 0 Å². The van der Waals surface area contributed by atoms with Crippen molar-refractivity contribution in [3.05, 3.63) is 33.3 Å². The molecule has 1 aromatic heterocycles. The average Bonchev–Trinajstić information content (AvgIpc) is 2.04. The van der Waals surface area contributed by atoms with Crippen molar-refractivity contribution < 1.29 is 0 Å². The highest BCUT2D eigenvalue weighted by molar-refractivity contribution is 8.01. The molecule has 3 nitrogen and oxygen atoms in total. The molecule has 62 valence electrons. The van der Waals surface area contributed by atoms with E-state index in [-0.39, 0.29) is 5.56 Å². The summed E-state index contributed by atoms with van der Waals surface area (Å²) in [4.78, 5) is 15.6. The van der Waals surface area contributed by atoms with Crippen LogP contribution in [0, 0.1) is 6.92 Å². The molecule has 0 fully saturated rings. The van der Waals surface area contributed by atoms with E-state index in [1.165, 1.54) is 0 Å². The van der Waals surface area contributed by atoms with Crippen LogP contribution in [0.2, 0.25) is 0 Å². The van der Waals surface area contributed by atoms with Crippen molar-refractivity contribution in [3.8, 4) is 0 Å². The van der Waals surface area contributed by atoms with Crippen molar-refractivity contribution in [1.29, 1.82) is 0 Å². The molecule has 4 heteroatoms. The van der Waals surface area contributed by atoms with E-state index in [1.807, 2.05) is 12.3 Å². The maximum atomic E-state index is 11.3. The highest BCUT2D eigenvalue weighted by atomic mass is 32.2. The Kier molecular flexibility index (Phi) is 1.77. The van der Waals surface area contributed by atoms with Gasteiger partial charge in [-0.05, 0) is 12.3 Å². The molecule has 0 saturated heterocycles. The molecule has 0 amide bonds. The molecule has 0 bridgehead atoms. The maximum Gasteiger partial charge on any atom is 0.257 e. The lowest BCUT2D eigenvalue weighted by Crippen LogP contribution is -2.21. The van der Waals surface area contributed by atoms with Gasteiger partial charge in [-0.15, -0.1) is 11.8 Å². The second kappa shape index (κ2) is 2.79. The normalized spacial score (nSPS) is 14.4. The van der Waals surface area contributed by atoms with Crippen LogP contribution >= 0.6 is 11.8 Å². The van der Waals surface area contributed by atoms with Crippen LogP contribution in [0.4, 0.5) is 0 Å². The van der Waals surface area contributed by atoms with Crippen LogP contribution in [0.25, 0.3) is 6.20 Å². The number of thioether (sulfide) groups is 1. The summed E-state index contributed by atoms with van der Waals surface area (Å²) in [5.74, 6) is 1.63. The Morgan fingerprint density at radius 1 is 1.67 bits per heavy atom. The lowest BCUT2D eigenvalue weighted by molar-refractivity contribution is 0.877. The lowest BCUT2D eigenvalue weighted by Gasteiger charge is -2.10. The van der Waals surface area contributed by atoms with Crippen molar-refractivity contribution in [2.75, 3.05) is 0 Å². The summed E-state index contributed by atoms with van der Waals surface area (Å²) in [5, 5.41) is 1.91. The number of rotatable bonds is 0. The van der Waals surface area contributed by atoms with Crippen LogP contribution in [0.3, 0.4) is 0 Å². The van der Waals surface area contributed by atoms with Gasteiger partial charge in [0, 0.05) is 18.0 Å². The van der Waals surface area contributed by atoms with Gasteiger partial charge >= 0.3 is 0 Å². The van der Waals surface area contributed by atoms with Crippen LogP contribution in [0.1, 0.15) is 11.5 Å². The standard InChI is InChI=1S/C8H8N2OS/c1-6-4-8(11)10-2-3-12-5-7(10)9-6/h2-4H,5H2,1H3. The van der Waals surface area contributed by atoms with E-state index < -0.39 is 0 Å². The van der Waals surface area contributed by atoms with E-state index in [9.17, 15) is 4.79 Å². The predicted molar refractivity (Wildman–Crippen MR) is 49.9 cm³/mol. The number of fused-ring (bicyclic) bond motifs is 1. The number of aryl methyl sites for hydroxylation is 1. The van der Waals surface area contributed by atoms with E-state index >= 15 is 0 Å². The van der Waals surface area contributed by atoms with E-state index in [2.05, 4.69) is 4.98 Å². The summed E-state index contributed by atoms with van der Waals surface area (Å²) in [5.41, 5.74) is 0.802. The monoisotopic (exact) mass is 180 g/mol. The SMILES string of the molecule is Cc1cc(=O)n2c(n1)CSC=C2. The molecule has 0 spiro atoms. The molecule has 1 aliphatic heterocycles. The minimum Gasteiger partial charge on any atom is -0.270 e. The fraction of sp³-hybridized carbons (Fsp3) is 0.250. The minimum absolute atomic E-state index is 0.00838. The van der Waals surface area contributed by atoms with Gasteiger partial charge in [-0.25, -0.2) is 4.98 Å². The first kappa shape index (κ1) is 7.61. The van der Waals surface area contributed by atoms with Crippen LogP contribution in [0.5, 0.6) is 0 Å². The second-order valence-corrected chi connectivity index (χ2v) is 3.51. The molecule has 0 aromatic carbocycles. The molecule has 2 heterocycles. The Balaban J connectivity index is 2.71. The molecular weight excluding hydrogens is 172 g/mol. The topological polar surface area (TPSA) is 34.9 Å². The molecule has 0 N–H and O–H groups in total. The van der Waals surface area contributed by atoms with E-state index in [0.29, 0.717) is 0 Å². The van der Waals surface area contributed by atoms with Crippen molar-refractivity contribution in [3.63, 3.8) is 0 Å². The van der Waals surface area contributed by atoms with Crippen molar-refractivity contribution in [2.45, 2.75) is 12.7 Å². The largest absolute Gasteiger partial charge is 0.270 e. The zero-order valence-corrected chi connectivity index (χ0v) is 7.47. The molecule has 12 heavy (non-hydrogen) atoms. The first-order valence-electron chi connectivity index (χ1n) is 3.65. The van der Waals surface area contributed by atoms with E-state index in [4.69, 9.17) is 0 Å². The lowest BCUT2D eigenvalue weighted by atomic mass is 10.4. The summed E-state index contributed by atoms with van der Waals surface area (Å²) in [7, 11) is 0. The number of nitrogens with zero attached hydrogens (tertiary/aromatic N) is 2. The Morgan fingerprint density at radius 3 is 3.33 bits per heavy atom. The second-order valence-electron chi connectivity index (χ2n) is 2.62. The molecule has 0 unspecified atom stereocenters. The highest BCUT2D eigenvalue weighted by Gasteiger charge is 2.07. The fourth-order valence-electron chi connectivity index (χ4n) is 1.15. The molecule has 2 rings (SSSR count). The summed E-state index contributed by atoms with van der Waals surface area (Å²) >= 11 is 1.65. The smallest absolute Gasteiger partial charge is 0.257 e. The Bertz CT molecular complexity index is 395. The molecule has 1 aromatic rings. The summed E-state index contributed by atoms with van der Waals surface area (Å²) in [6.07, 6.45) is 1.76. The van der Waals surface area contributed by atoms with Crippen LogP contribution in [0.15, 0.2) is 16.3 Å². The van der Waals surface area contributed by atoms with Crippen LogP contribution in [-0.4, -0.2) is 9.55 Å². The average molecular weight is 180 g/mol. The van der Waals surface area contributed by atoms with Gasteiger partial charge in [0.2, 0.25) is 0 Å². The Morgan fingerprint density at radius 2 is 2.50 bits per heavy atom. The van der Waals surface area contributed by atoms with Crippen LogP contribution < -0.4 is 5.56 Å². The van der Waals surface area contributed by atoms with Gasteiger partial charge in [0.15, 0.2) is 0 Å². The number of aromatic nitrogens is 2. The Labute approximate surface area is 74.1 Å². The molecule has 0 aliphatic carbocycles. The molecule has 1 aliphatic rings. The Hall–Kier alpha value is -1.03. The summed E-state index contributed by atoms with van der Waals surface area (Å²) in [6.45, 7) is 1.84. The molecule has 0 atom stereocenters. The van der Waals surface area contributed by atoms with Crippen molar-refractivity contribution >= 4 is 18.0 Å². The summed E-state index contributed by atoms with van der Waals surface area (Å²) in [6, 6.07) is 1.55. The van der Waals surface area contributed by atoms with Crippen molar-refractivity contribution in [2.24, 2.45) is 0 Å². The molecule has 0 saturated carbocycles. The number of hydrogen-bond donors (Lipinski definition) is 0. The highest BCUT2D eigenvalue weighted by Crippen LogP contribution is 2.16. The van der Waals surface area contributed by atoms with E-state index in [0.717, 1.165) is 17.3 Å². The van der Waals surface area contributed by atoms with Gasteiger partial charge in [0.1, 0.15) is 5.82 Å². The van der Waals surface area contributed by atoms with E-state index in [1.54, 1.807) is 28.6 Å². The summed E-state index contributed by atoms with van der Waals surface area (Å²) < 4.78 is 1.59. The quantitative estimate of drug-likeness (QED) is 0.602. The van der Waals surface area contributed by atoms with Gasteiger partial charge in [-0.3, -0.25) is 9.36 Å². The molecule has 0 radical (unpaired) electrons. The maximum absolute atomic E-state index is 11.3.